The zero-order valence-corrected chi connectivity index (χ0v) is 10.0. The fourth-order valence-electron chi connectivity index (χ4n) is 1.37. The van der Waals surface area contributed by atoms with Crippen molar-refractivity contribution in [1.29, 1.82) is 0 Å². The third-order valence-electron chi connectivity index (χ3n) is 2.22. The van der Waals surface area contributed by atoms with Gasteiger partial charge in [0.1, 0.15) is 0 Å². The van der Waals surface area contributed by atoms with Gasteiger partial charge in [-0.1, -0.05) is 13.8 Å². The van der Waals surface area contributed by atoms with Crippen LogP contribution in [0.1, 0.15) is 34.6 Å². The first-order chi connectivity index (χ1) is 5.97. The number of hydrogen-bond donors (Lipinski definition) is 0. The molecule has 0 N–H and O–H groups in total. The molecule has 1 atom stereocenters. The Morgan fingerprint density at radius 3 is 1.85 bits per heavy atom. The Balaban J connectivity index is 3.94. The van der Waals surface area contributed by atoms with Crippen LogP contribution >= 0.6 is 0 Å². The van der Waals surface area contributed by atoms with Crippen LogP contribution in [0.15, 0.2) is 0 Å². The van der Waals surface area contributed by atoms with E-state index in [9.17, 15) is 0 Å². The van der Waals surface area contributed by atoms with Gasteiger partial charge >= 0.3 is 0 Å². The summed E-state index contributed by atoms with van der Waals surface area (Å²) in [5.41, 5.74) is 0. The van der Waals surface area contributed by atoms with Gasteiger partial charge < -0.3 is 4.74 Å². The SMILES string of the molecule is CO[C@@H](C)CN(CC(C)C)C(C)C. The Kier molecular flexibility index (Phi) is 6.35. The van der Waals surface area contributed by atoms with Gasteiger partial charge in [0.25, 0.3) is 0 Å². The first-order valence-corrected chi connectivity index (χ1v) is 5.24. The average molecular weight is 187 g/mol. The van der Waals surface area contributed by atoms with Gasteiger partial charge in [0.15, 0.2) is 0 Å². The quantitative estimate of drug-likeness (QED) is 0.633. The van der Waals surface area contributed by atoms with Gasteiger partial charge in [-0.15, -0.1) is 0 Å². The standard InChI is InChI=1S/C11H25NO/c1-9(2)7-12(10(3)4)8-11(5)13-6/h9-11H,7-8H2,1-6H3/t11-/m0/s1. The van der Waals surface area contributed by atoms with Crippen LogP contribution in [-0.4, -0.2) is 37.2 Å². The Morgan fingerprint density at radius 2 is 1.54 bits per heavy atom. The lowest BCUT2D eigenvalue weighted by Crippen LogP contribution is -2.39. The summed E-state index contributed by atoms with van der Waals surface area (Å²) in [6.07, 6.45) is 0.334. The summed E-state index contributed by atoms with van der Waals surface area (Å²) in [4.78, 5) is 2.47. The maximum Gasteiger partial charge on any atom is 0.0670 e. The Morgan fingerprint density at radius 1 is 1.00 bits per heavy atom. The van der Waals surface area contributed by atoms with E-state index in [1.54, 1.807) is 7.11 Å². The molecule has 0 radical (unpaired) electrons. The summed E-state index contributed by atoms with van der Waals surface area (Å²) in [6, 6.07) is 0.611. The summed E-state index contributed by atoms with van der Waals surface area (Å²) in [7, 11) is 1.78. The third kappa shape index (κ3) is 6.05. The van der Waals surface area contributed by atoms with Crippen molar-refractivity contribution in [2.24, 2.45) is 5.92 Å². The van der Waals surface area contributed by atoms with E-state index >= 15 is 0 Å². The van der Waals surface area contributed by atoms with Crippen LogP contribution in [0, 0.1) is 5.92 Å². The second-order valence-electron chi connectivity index (χ2n) is 4.49. The zero-order chi connectivity index (χ0) is 10.4. The molecule has 2 nitrogen and oxygen atoms in total. The summed E-state index contributed by atoms with van der Waals surface area (Å²) in [5, 5.41) is 0. The molecule has 0 aliphatic heterocycles. The average Bonchev–Trinajstić information content (AvgIpc) is 2.02. The van der Waals surface area contributed by atoms with Crippen molar-refractivity contribution in [1.82, 2.24) is 4.90 Å². The van der Waals surface area contributed by atoms with Crippen molar-refractivity contribution in [2.75, 3.05) is 20.2 Å². The van der Waals surface area contributed by atoms with Crippen molar-refractivity contribution in [2.45, 2.75) is 46.8 Å². The second-order valence-corrected chi connectivity index (χ2v) is 4.49. The zero-order valence-electron chi connectivity index (χ0n) is 10.0. The molecule has 80 valence electrons. The van der Waals surface area contributed by atoms with Crippen molar-refractivity contribution in [3.8, 4) is 0 Å². The molecular formula is C11H25NO. The van der Waals surface area contributed by atoms with Gasteiger partial charge in [0.05, 0.1) is 6.10 Å². The molecule has 0 spiro atoms. The molecule has 2 heteroatoms. The molecule has 0 saturated carbocycles. The smallest absolute Gasteiger partial charge is 0.0670 e. The summed E-state index contributed by atoms with van der Waals surface area (Å²) in [6.45, 7) is 13.3. The normalized spacial score (nSPS) is 14.5. The molecule has 0 saturated heterocycles. The molecule has 13 heavy (non-hydrogen) atoms. The Bertz CT molecular complexity index is 123. The molecular weight excluding hydrogens is 162 g/mol. The van der Waals surface area contributed by atoms with Crippen LogP contribution in [0.25, 0.3) is 0 Å². The minimum atomic E-state index is 0.334. The number of ether oxygens (including phenoxy) is 1. The predicted octanol–water partition coefficient (Wildman–Crippen LogP) is 2.39. The lowest BCUT2D eigenvalue weighted by atomic mass is 10.1. The lowest BCUT2D eigenvalue weighted by Gasteiger charge is -2.30. The maximum atomic E-state index is 5.27. The van der Waals surface area contributed by atoms with Gasteiger partial charge in [-0.05, 0) is 26.7 Å². The highest BCUT2D eigenvalue weighted by atomic mass is 16.5. The molecule has 0 amide bonds. The third-order valence-corrected chi connectivity index (χ3v) is 2.22. The molecule has 0 aromatic carbocycles. The summed E-state index contributed by atoms with van der Waals surface area (Å²) in [5.74, 6) is 0.728. The van der Waals surface area contributed by atoms with E-state index in [2.05, 4.69) is 39.5 Å². The fourth-order valence-corrected chi connectivity index (χ4v) is 1.37. The van der Waals surface area contributed by atoms with Gasteiger partial charge in [0.2, 0.25) is 0 Å². The molecule has 0 rings (SSSR count). The monoisotopic (exact) mass is 187 g/mol. The molecule has 0 aliphatic rings. The predicted molar refractivity (Wildman–Crippen MR) is 58.0 cm³/mol. The highest BCUT2D eigenvalue weighted by Crippen LogP contribution is 2.06. The van der Waals surface area contributed by atoms with E-state index in [0.29, 0.717) is 12.1 Å². The molecule has 0 fully saturated rings. The largest absolute Gasteiger partial charge is 0.380 e. The van der Waals surface area contributed by atoms with Gasteiger partial charge in [0, 0.05) is 26.2 Å². The second kappa shape index (κ2) is 6.39. The first-order valence-electron chi connectivity index (χ1n) is 5.24. The number of hydrogen-bond acceptors (Lipinski definition) is 2. The topological polar surface area (TPSA) is 12.5 Å². The van der Waals surface area contributed by atoms with E-state index in [0.717, 1.165) is 19.0 Å². The van der Waals surface area contributed by atoms with Crippen LogP contribution in [0.3, 0.4) is 0 Å². The lowest BCUT2D eigenvalue weighted by molar-refractivity contribution is 0.0605. The highest BCUT2D eigenvalue weighted by Gasteiger charge is 2.13. The van der Waals surface area contributed by atoms with E-state index in [4.69, 9.17) is 4.74 Å². The molecule has 0 aromatic rings. The molecule has 0 unspecified atom stereocenters. The van der Waals surface area contributed by atoms with Crippen molar-refractivity contribution >= 4 is 0 Å². The molecule has 0 bridgehead atoms. The van der Waals surface area contributed by atoms with Crippen LogP contribution in [0.5, 0.6) is 0 Å². The summed E-state index contributed by atoms with van der Waals surface area (Å²) >= 11 is 0. The van der Waals surface area contributed by atoms with Crippen molar-refractivity contribution in [3.05, 3.63) is 0 Å². The minimum absolute atomic E-state index is 0.334. The number of nitrogens with zero attached hydrogens (tertiary/aromatic N) is 1. The van der Waals surface area contributed by atoms with Gasteiger partial charge in [-0.25, -0.2) is 0 Å². The van der Waals surface area contributed by atoms with E-state index < -0.39 is 0 Å². The number of methoxy groups -OCH3 is 1. The Labute approximate surface area is 83.3 Å². The van der Waals surface area contributed by atoms with Gasteiger partial charge in [-0.2, -0.15) is 0 Å². The van der Waals surface area contributed by atoms with Crippen LogP contribution < -0.4 is 0 Å². The fraction of sp³-hybridized carbons (Fsp3) is 1.00. The van der Waals surface area contributed by atoms with E-state index in [1.165, 1.54) is 0 Å². The molecule has 0 aromatic heterocycles. The van der Waals surface area contributed by atoms with E-state index in [1.807, 2.05) is 0 Å². The van der Waals surface area contributed by atoms with Gasteiger partial charge in [-0.3, -0.25) is 4.90 Å². The van der Waals surface area contributed by atoms with Crippen LogP contribution in [0.4, 0.5) is 0 Å². The van der Waals surface area contributed by atoms with E-state index in [-0.39, 0.29) is 0 Å². The van der Waals surface area contributed by atoms with Crippen LogP contribution in [-0.2, 0) is 4.74 Å². The van der Waals surface area contributed by atoms with Crippen LogP contribution in [0.2, 0.25) is 0 Å². The molecule has 0 aliphatic carbocycles. The summed E-state index contributed by atoms with van der Waals surface area (Å²) < 4.78 is 5.27. The Hall–Kier alpha value is -0.0800. The first kappa shape index (κ1) is 12.9. The maximum absolute atomic E-state index is 5.27. The molecule has 0 heterocycles. The van der Waals surface area contributed by atoms with Crippen molar-refractivity contribution < 1.29 is 4.74 Å². The minimum Gasteiger partial charge on any atom is -0.380 e. The highest BCUT2D eigenvalue weighted by molar-refractivity contribution is 4.67. The number of rotatable bonds is 6. The van der Waals surface area contributed by atoms with Crippen molar-refractivity contribution in [3.63, 3.8) is 0 Å².